The van der Waals surface area contributed by atoms with Crippen LogP contribution in [0, 0.1) is 11.3 Å². The zero-order valence-electron chi connectivity index (χ0n) is 10.2. The SMILES string of the molecule is CC(c1cc(Cl)cc(Cl)c1)c1c(O)cccc1C#N. The van der Waals surface area contributed by atoms with Crippen LogP contribution >= 0.6 is 23.2 Å². The van der Waals surface area contributed by atoms with Gasteiger partial charge >= 0.3 is 0 Å². The molecule has 2 aromatic carbocycles. The standard InChI is InChI=1S/C15H11Cl2NO/c1-9(11-5-12(16)7-13(17)6-11)15-10(8-18)3-2-4-14(15)19/h2-7,9,19H,1H3. The molecule has 0 aliphatic rings. The molecule has 0 aliphatic carbocycles. The normalized spacial score (nSPS) is 11.9. The Kier molecular flexibility index (Phi) is 3.99. The maximum atomic E-state index is 9.98. The Morgan fingerprint density at radius 1 is 1.16 bits per heavy atom. The van der Waals surface area contributed by atoms with Crippen molar-refractivity contribution in [2.24, 2.45) is 0 Å². The average molecular weight is 292 g/mol. The molecule has 0 amide bonds. The number of benzene rings is 2. The monoisotopic (exact) mass is 291 g/mol. The number of aromatic hydroxyl groups is 1. The number of rotatable bonds is 2. The van der Waals surface area contributed by atoms with E-state index in [0.29, 0.717) is 21.2 Å². The topological polar surface area (TPSA) is 44.0 Å². The Morgan fingerprint density at radius 3 is 2.37 bits per heavy atom. The first kappa shape index (κ1) is 13.7. The summed E-state index contributed by atoms with van der Waals surface area (Å²) in [5.41, 5.74) is 1.89. The van der Waals surface area contributed by atoms with E-state index in [1.807, 2.05) is 6.92 Å². The summed E-state index contributed by atoms with van der Waals surface area (Å²) in [6.07, 6.45) is 0. The van der Waals surface area contributed by atoms with Crippen molar-refractivity contribution >= 4 is 23.2 Å². The van der Waals surface area contributed by atoms with E-state index >= 15 is 0 Å². The summed E-state index contributed by atoms with van der Waals surface area (Å²) in [4.78, 5) is 0. The van der Waals surface area contributed by atoms with Crippen LogP contribution in [0.4, 0.5) is 0 Å². The van der Waals surface area contributed by atoms with Crippen molar-refractivity contribution in [3.63, 3.8) is 0 Å². The summed E-state index contributed by atoms with van der Waals surface area (Å²) in [5.74, 6) is -0.0744. The van der Waals surface area contributed by atoms with Gasteiger partial charge in [-0.15, -0.1) is 0 Å². The van der Waals surface area contributed by atoms with Gasteiger partial charge < -0.3 is 5.11 Å². The molecule has 1 N–H and O–H groups in total. The Balaban J connectivity index is 2.56. The van der Waals surface area contributed by atoms with Gasteiger partial charge in [0.1, 0.15) is 5.75 Å². The van der Waals surface area contributed by atoms with Crippen LogP contribution in [0.5, 0.6) is 5.75 Å². The van der Waals surface area contributed by atoms with Crippen LogP contribution in [-0.4, -0.2) is 5.11 Å². The molecule has 1 unspecified atom stereocenters. The van der Waals surface area contributed by atoms with E-state index in [0.717, 1.165) is 5.56 Å². The Labute approximate surface area is 121 Å². The van der Waals surface area contributed by atoms with Gasteiger partial charge in [0.2, 0.25) is 0 Å². The summed E-state index contributed by atoms with van der Waals surface area (Å²) >= 11 is 12.0. The molecule has 0 heterocycles. The first-order valence-electron chi connectivity index (χ1n) is 5.71. The second-order valence-electron chi connectivity index (χ2n) is 4.27. The zero-order valence-corrected chi connectivity index (χ0v) is 11.7. The van der Waals surface area contributed by atoms with Crippen LogP contribution in [0.25, 0.3) is 0 Å². The number of phenols is 1. The van der Waals surface area contributed by atoms with E-state index in [4.69, 9.17) is 28.5 Å². The lowest BCUT2D eigenvalue weighted by molar-refractivity contribution is 0.466. The fourth-order valence-corrected chi connectivity index (χ4v) is 2.64. The van der Waals surface area contributed by atoms with E-state index in [1.165, 1.54) is 0 Å². The summed E-state index contributed by atoms with van der Waals surface area (Å²) in [5, 5.41) is 20.2. The second kappa shape index (κ2) is 5.52. The number of phenolic OH excluding ortho intramolecular Hbond substituents is 1. The second-order valence-corrected chi connectivity index (χ2v) is 5.15. The van der Waals surface area contributed by atoms with E-state index in [9.17, 15) is 5.11 Å². The van der Waals surface area contributed by atoms with Gasteiger partial charge in [0, 0.05) is 21.5 Å². The molecule has 0 saturated heterocycles. The van der Waals surface area contributed by atoms with Gasteiger partial charge in [-0.05, 0) is 35.9 Å². The Morgan fingerprint density at radius 2 is 1.79 bits per heavy atom. The third-order valence-electron chi connectivity index (χ3n) is 3.02. The van der Waals surface area contributed by atoms with Crippen molar-refractivity contribution in [1.29, 1.82) is 5.26 Å². The number of hydrogen-bond donors (Lipinski definition) is 1. The minimum Gasteiger partial charge on any atom is -0.508 e. The molecule has 0 aromatic heterocycles. The van der Waals surface area contributed by atoms with Crippen molar-refractivity contribution in [2.45, 2.75) is 12.8 Å². The fraction of sp³-hybridized carbons (Fsp3) is 0.133. The highest BCUT2D eigenvalue weighted by molar-refractivity contribution is 6.34. The Hall–Kier alpha value is -1.69. The highest BCUT2D eigenvalue weighted by Crippen LogP contribution is 2.35. The summed E-state index contributed by atoms with van der Waals surface area (Å²) in [7, 11) is 0. The van der Waals surface area contributed by atoms with Crippen molar-refractivity contribution in [2.75, 3.05) is 0 Å². The van der Waals surface area contributed by atoms with Crippen LogP contribution in [0.1, 0.15) is 29.5 Å². The molecule has 4 heteroatoms. The van der Waals surface area contributed by atoms with Gasteiger partial charge in [0.25, 0.3) is 0 Å². The molecule has 0 radical (unpaired) electrons. The molecule has 96 valence electrons. The lowest BCUT2D eigenvalue weighted by Crippen LogP contribution is -2.00. The van der Waals surface area contributed by atoms with Crippen LogP contribution in [0.3, 0.4) is 0 Å². The molecule has 2 nitrogen and oxygen atoms in total. The predicted octanol–water partition coefficient (Wildman–Crippen LogP) is 4.72. The van der Waals surface area contributed by atoms with Crippen molar-refractivity contribution in [1.82, 2.24) is 0 Å². The van der Waals surface area contributed by atoms with E-state index < -0.39 is 0 Å². The minimum absolute atomic E-state index is 0.0997. The molecule has 0 bridgehead atoms. The molecule has 1 atom stereocenters. The lowest BCUT2D eigenvalue weighted by Gasteiger charge is -2.16. The minimum atomic E-state index is -0.174. The molecular weight excluding hydrogens is 281 g/mol. The smallest absolute Gasteiger partial charge is 0.120 e. The third kappa shape index (κ3) is 2.84. The lowest BCUT2D eigenvalue weighted by atomic mass is 9.89. The van der Waals surface area contributed by atoms with Crippen molar-refractivity contribution < 1.29 is 5.11 Å². The summed E-state index contributed by atoms with van der Waals surface area (Å²) < 4.78 is 0. The molecule has 2 rings (SSSR count). The van der Waals surface area contributed by atoms with Crippen LogP contribution < -0.4 is 0 Å². The highest BCUT2D eigenvalue weighted by Gasteiger charge is 2.17. The molecule has 0 aliphatic heterocycles. The molecular formula is C15H11Cl2NO. The largest absolute Gasteiger partial charge is 0.508 e. The van der Waals surface area contributed by atoms with Gasteiger partial charge in [-0.3, -0.25) is 0 Å². The van der Waals surface area contributed by atoms with E-state index in [1.54, 1.807) is 36.4 Å². The van der Waals surface area contributed by atoms with Crippen LogP contribution in [0.15, 0.2) is 36.4 Å². The zero-order chi connectivity index (χ0) is 14.0. The van der Waals surface area contributed by atoms with Crippen molar-refractivity contribution in [3.8, 4) is 11.8 Å². The fourth-order valence-electron chi connectivity index (χ4n) is 2.10. The van der Waals surface area contributed by atoms with E-state index in [-0.39, 0.29) is 11.7 Å². The molecule has 19 heavy (non-hydrogen) atoms. The summed E-state index contributed by atoms with van der Waals surface area (Å²) in [6, 6.07) is 12.2. The maximum absolute atomic E-state index is 9.98. The number of nitrogens with zero attached hydrogens (tertiary/aromatic N) is 1. The predicted molar refractivity (Wildman–Crippen MR) is 76.8 cm³/mol. The van der Waals surface area contributed by atoms with Gasteiger partial charge in [0.15, 0.2) is 0 Å². The average Bonchev–Trinajstić information content (AvgIpc) is 2.36. The number of hydrogen-bond acceptors (Lipinski definition) is 2. The molecule has 0 saturated carbocycles. The molecule has 2 aromatic rings. The maximum Gasteiger partial charge on any atom is 0.120 e. The quantitative estimate of drug-likeness (QED) is 0.870. The first-order chi connectivity index (χ1) is 9.02. The Bertz CT molecular complexity index is 641. The van der Waals surface area contributed by atoms with Gasteiger partial charge in [0.05, 0.1) is 11.6 Å². The highest BCUT2D eigenvalue weighted by atomic mass is 35.5. The van der Waals surface area contributed by atoms with Crippen LogP contribution in [-0.2, 0) is 0 Å². The first-order valence-corrected chi connectivity index (χ1v) is 6.46. The van der Waals surface area contributed by atoms with Gasteiger partial charge in [-0.1, -0.05) is 36.2 Å². The number of halogens is 2. The van der Waals surface area contributed by atoms with Gasteiger partial charge in [-0.2, -0.15) is 5.26 Å². The van der Waals surface area contributed by atoms with Crippen molar-refractivity contribution in [3.05, 3.63) is 63.1 Å². The molecule has 0 spiro atoms. The van der Waals surface area contributed by atoms with Gasteiger partial charge in [-0.25, -0.2) is 0 Å². The van der Waals surface area contributed by atoms with Crippen LogP contribution in [0.2, 0.25) is 10.0 Å². The summed E-state index contributed by atoms with van der Waals surface area (Å²) in [6.45, 7) is 1.90. The number of nitriles is 1. The third-order valence-corrected chi connectivity index (χ3v) is 3.46. The molecule has 0 fully saturated rings. The van der Waals surface area contributed by atoms with E-state index in [2.05, 4.69) is 6.07 Å².